The molecule has 4 atom stereocenters. The van der Waals surface area contributed by atoms with Crippen molar-refractivity contribution in [2.75, 3.05) is 25.0 Å². The number of hydrogen-bond acceptors (Lipinski definition) is 9. The van der Waals surface area contributed by atoms with Crippen LogP contribution in [0.2, 0.25) is 0 Å². The number of benzene rings is 3. The Hall–Kier alpha value is -5.44. The summed E-state index contributed by atoms with van der Waals surface area (Å²) in [7, 11) is 0. The highest BCUT2D eigenvalue weighted by Gasteiger charge is 2.26. The maximum absolute atomic E-state index is 13.5. The van der Waals surface area contributed by atoms with Gasteiger partial charge in [-0.3, -0.25) is 24.0 Å². The van der Waals surface area contributed by atoms with Crippen molar-refractivity contribution in [3.8, 4) is 11.1 Å². The first-order chi connectivity index (χ1) is 25.8. The Morgan fingerprint density at radius 2 is 1.37 bits per heavy atom. The van der Waals surface area contributed by atoms with E-state index in [2.05, 4.69) is 21.3 Å². The summed E-state index contributed by atoms with van der Waals surface area (Å²) in [6.07, 6.45) is 0.674. The summed E-state index contributed by atoms with van der Waals surface area (Å²) in [4.78, 5) is 72.9. The number of carboxylic acid groups (broad SMARTS) is 2. The van der Waals surface area contributed by atoms with Gasteiger partial charge in [0.2, 0.25) is 17.7 Å². The van der Waals surface area contributed by atoms with E-state index in [1.54, 1.807) is 12.1 Å². The van der Waals surface area contributed by atoms with E-state index in [0.717, 1.165) is 22.3 Å². The molecule has 3 aromatic rings. The average Bonchev–Trinajstić information content (AvgIpc) is 3.13. The second-order valence-electron chi connectivity index (χ2n) is 13.4. The number of anilines is 1. The van der Waals surface area contributed by atoms with Crippen molar-refractivity contribution in [1.82, 2.24) is 16.0 Å². The van der Waals surface area contributed by atoms with E-state index in [4.69, 9.17) is 16.6 Å². The van der Waals surface area contributed by atoms with Gasteiger partial charge >= 0.3 is 11.9 Å². The van der Waals surface area contributed by atoms with Gasteiger partial charge in [-0.15, -0.1) is 0 Å². The van der Waals surface area contributed by atoms with Crippen molar-refractivity contribution >= 4 is 41.1 Å². The van der Waals surface area contributed by atoms with Gasteiger partial charge in [0.15, 0.2) is 0 Å². The number of nitrogens with two attached hydrogens (primary N) is 2. The van der Waals surface area contributed by atoms with E-state index in [0.29, 0.717) is 31.6 Å². The van der Waals surface area contributed by atoms with Gasteiger partial charge in [0, 0.05) is 56.9 Å². The fourth-order valence-electron chi connectivity index (χ4n) is 5.82. The van der Waals surface area contributed by atoms with Crippen molar-refractivity contribution in [2.24, 2.45) is 17.4 Å². The van der Waals surface area contributed by atoms with Gasteiger partial charge in [0.1, 0.15) is 11.8 Å². The largest absolute Gasteiger partial charge is 0.481 e. The van der Waals surface area contributed by atoms with Crippen LogP contribution in [0, 0.1) is 5.92 Å². The highest BCUT2D eigenvalue weighted by atomic mass is 16.4. The van der Waals surface area contributed by atoms with Gasteiger partial charge < -0.3 is 42.9 Å². The zero-order chi connectivity index (χ0) is 39.5. The van der Waals surface area contributed by atoms with Crippen LogP contribution in [0.3, 0.4) is 0 Å². The normalized spacial score (nSPS) is 13.2. The van der Waals surface area contributed by atoms with E-state index in [1.807, 2.05) is 66.7 Å². The molecule has 14 heteroatoms. The lowest BCUT2D eigenvalue weighted by atomic mass is 9.90. The van der Waals surface area contributed by atoms with Crippen LogP contribution in [0.4, 0.5) is 5.69 Å². The minimum absolute atomic E-state index is 0.0613. The second-order valence-corrected chi connectivity index (χ2v) is 13.4. The highest BCUT2D eigenvalue weighted by molar-refractivity contribution is 5.90. The fourth-order valence-corrected chi connectivity index (χ4v) is 5.82. The molecular weight excluding hydrogens is 692 g/mol. The number of aliphatic carboxylic acids is 2. The zero-order valence-electron chi connectivity index (χ0n) is 30.6. The summed E-state index contributed by atoms with van der Waals surface area (Å²) in [5, 5.41) is 29.5. The molecule has 0 saturated carbocycles. The topological polar surface area (TPSA) is 243 Å². The number of carboxylic acids is 2. The highest BCUT2D eigenvalue weighted by Crippen LogP contribution is 2.24. The van der Waals surface area contributed by atoms with Crippen LogP contribution in [0.15, 0.2) is 78.9 Å². The molecule has 0 aromatic heterocycles. The molecule has 3 aromatic carbocycles. The number of carbonyl (C=O) groups is 6. The zero-order valence-corrected chi connectivity index (χ0v) is 30.6. The lowest BCUT2D eigenvalue weighted by Crippen LogP contribution is -2.44. The van der Waals surface area contributed by atoms with Gasteiger partial charge in [-0.1, -0.05) is 66.7 Å². The van der Waals surface area contributed by atoms with E-state index < -0.39 is 41.8 Å². The van der Waals surface area contributed by atoms with Crippen molar-refractivity contribution in [3.05, 3.63) is 90.0 Å². The Morgan fingerprint density at radius 3 is 1.98 bits per heavy atom. The molecule has 3 rings (SSSR count). The van der Waals surface area contributed by atoms with Crippen molar-refractivity contribution in [2.45, 2.75) is 76.4 Å². The molecule has 290 valence electrons. The fraction of sp³-hybridized carbons (Fsp3) is 0.400. The first-order valence-corrected chi connectivity index (χ1v) is 18.1. The molecular formula is C40H52N6O8. The minimum atomic E-state index is -1.30. The van der Waals surface area contributed by atoms with E-state index in [9.17, 15) is 33.9 Å². The summed E-state index contributed by atoms with van der Waals surface area (Å²) < 4.78 is 0. The summed E-state index contributed by atoms with van der Waals surface area (Å²) >= 11 is 0. The monoisotopic (exact) mass is 744 g/mol. The van der Waals surface area contributed by atoms with Gasteiger partial charge in [-0.05, 0) is 73.0 Å². The molecule has 10 N–H and O–H groups in total. The standard InChI is InChI=1S/C40H52N6O8/c1-26(47)45-33-16-14-30(15-17-33)29-12-10-28(11-13-29)22-31(39(52)44-21-19-35(40(53)54)46-37(49)8-5-9-38(50)51)24-36(48)34(42)18-20-43-25-32(41)23-27-6-3-2-4-7-27/h2-4,6-7,10-17,31-32,34-35,43H,5,8-9,18-25,41-42H2,1H3,(H,44,52)(H,45,47)(H,46,49)(H,50,51)(H,53,54)/t31-,32-,34-,35+/m0/s1. The van der Waals surface area contributed by atoms with Crippen LogP contribution in [0.25, 0.3) is 11.1 Å². The van der Waals surface area contributed by atoms with Crippen molar-refractivity contribution in [3.63, 3.8) is 0 Å². The average molecular weight is 745 g/mol. The summed E-state index contributed by atoms with van der Waals surface area (Å²) in [5.74, 6) is -4.70. The number of rotatable bonds is 24. The third-order valence-electron chi connectivity index (χ3n) is 8.75. The second kappa shape index (κ2) is 22.6. The Labute approximate surface area is 315 Å². The van der Waals surface area contributed by atoms with E-state index >= 15 is 0 Å². The van der Waals surface area contributed by atoms with Crippen LogP contribution in [0.1, 0.15) is 56.6 Å². The third kappa shape index (κ3) is 16.1. The van der Waals surface area contributed by atoms with E-state index in [1.165, 1.54) is 6.92 Å². The SMILES string of the molecule is CC(=O)Nc1ccc(-c2ccc(C[C@@H](CC(=O)[C@@H](N)CCNC[C@@H](N)Cc3ccccc3)C(=O)NCC[C@@H](NC(=O)CCCC(=O)O)C(=O)O)cc2)cc1. The van der Waals surface area contributed by atoms with Crippen LogP contribution in [-0.4, -0.2) is 83.4 Å². The summed E-state index contributed by atoms with van der Waals surface area (Å²) in [6, 6.07) is 22.5. The molecule has 0 saturated heterocycles. The summed E-state index contributed by atoms with van der Waals surface area (Å²) in [5.41, 5.74) is 17.0. The van der Waals surface area contributed by atoms with Crippen molar-refractivity contribution < 1.29 is 39.0 Å². The Morgan fingerprint density at radius 1 is 0.741 bits per heavy atom. The number of hydrogen-bond donors (Lipinski definition) is 8. The summed E-state index contributed by atoms with van der Waals surface area (Å²) in [6.45, 7) is 2.34. The van der Waals surface area contributed by atoms with Crippen LogP contribution >= 0.6 is 0 Å². The molecule has 0 bridgehead atoms. The number of ketones is 1. The maximum Gasteiger partial charge on any atom is 0.326 e. The predicted octanol–water partition coefficient (Wildman–Crippen LogP) is 2.64. The van der Waals surface area contributed by atoms with Crippen LogP contribution < -0.4 is 32.7 Å². The molecule has 0 fully saturated rings. The molecule has 0 spiro atoms. The van der Waals surface area contributed by atoms with Gasteiger partial charge in [-0.25, -0.2) is 4.79 Å². The third-order valence-corrected chi connectivity index (χ3v) is 8.75. The van der Waals surface area contributed by atoms with Crippen molar-refractivity contribution in [1.29, 1.82) is 0 Å². The number of nitrogens with one attached hydrogen (secondary N) is 4. The molecule has 0 unspecified atom stereocenters. The minimum Gasteiger partial charge on any atom is -0.481 e. The predicted molar refractivity (Wildman–Crippen MR) is 205 cm³/mol. The molecule has 3 amide bonds. The number of amides is 3. The lowest BCUT2D eigenvalue weighted by molar-refractivity contribution is -0.142. The first kappa shape index (κ1) is 43.0. The quantitative estimate of drug-likeness (QED) is 0.0620. The molecule has 0 aliphatic rings. The van der Waals surface area contributed by atoms with Gasteiger partial charge in [-0.2, -0.15) is 0 Å². The Bertz CT molecular complexity index is 1680. The number of Topliss-reactive ketones (excluding diaryl/α,β-unsaturated/α-hetero) is 1. The van der Waals surface area contributed by atoms with Gasteiger partial charge in [0.05, 0.1) is 6.04 Å². The van der Waals surface area contributed by atoms with Crippen LogP contribution in [0.5, 0.6) is 0 Å². The first-order valence-electron chi connectivity index (χ1n) is 18.1. The maximum atomic E-state index is 13.5. The molecule has 0 aliphatic carbocycles. The van der Waals surface area contributed by atoms with Crippen LogP contribution in [-0.2, 0) is 41.6 Å². The molecule has 14 nitrogen and oxygen atoms in total. The lowest BCUT2D eigenvalue weighted by Gasteiger charge is -2.20. The molecule has 0 aliphatic heterocycles. The Balaban J connectivity index is 1.61. The molecule has 54 heavy (non-hydrogen) atoms. The van der Waals surface area contributed by atoms with Gasteiger partial charge in [0.25, 0.3) is 0 Å². The molecule has 0 heterocycles. The number of carbonyl (C=O) groups excluding carboxylic acids is 4. The molecule has 0 radical (unpaired) electrons. The smallest absolute Gasteiger partial charge is 0.326 e. The van der Waals surface area contributed by atoms with E-state index in [-0.39, 0.29) is 62.8 Å². The Kier molecular flexibility index (Phi) is 18.0.